The van der Waals surface area contributed by atoms with Crippen LogP contribution in [-0.4, -0.2) is 24.3 Å². The number of rotatable bonds is 1. The summed E-state index contributed by atoms with van der Waals surface area (Å²) < 4.78 is 4.92. The SMILES string of the molecule is CC1(C)OC(=O)N[C@@H]1CN.Cl. The van der Waals surface area contributed by atoms with E-state index in [1.807, 2.05) is 13.8 Å². The molecule has 1 atom stereocenters. The number of hydrogen-bond donors (Lipinski definition) is 2. The number of cyclic esters (lactones) is 1. The van der Waals surface area contributed by atoms with Gasteiger partial charge in [-0.25, -0.2) is 4.79 Å². The fourth-order valence-corrected chi connectivity index (χ4v) is 0.998. The Bertz CT molecular complexity index is 161. The summed E-state index contributed by atoms with van der Waals surface area (Å²) in [4.78, 5) is 10.6. The van der Waals surface area contributed by atoms with Crippen LogP contribution in [0, 0.1) is 0 Å². The van der Waals surface area contributed by atoms with Gasteiger partial charge in [0.2, 0.25) is 0 Å². The van der Waals surface area contributed by atoms with Gasteiger partial charge in [0.05, 0.1) is 6.04 Å². The Morgan fingerprint density at radius 1 is 1.73 bits per heavy atom. The molecule has 1 heterocycles. The molecule has 0 saturated carbocycles. The predicted octanol–water partition coefficient (Wildman–Crippen LogP) is 0.254. The van der Waals surface area contributed by atoms with Gasteiger partial charge in [-0.3, -0.25) is 0 Å². The predicted molar refractivity (Wildman–Crippen MR) is 43.8 cm³/mol. The van der Waals surface area contributed by atoms with Crippen molar-refractivity contribution in [1.82, 2.24) is 5.32 Å². The van der Waals surface area contributed by atoms with Crippen LogP contribution in [0.2, 0.25) is 0 Å². The van der Waals surface area contributed by atoms with E-state index in [-0.39, 0.29) is 24.5 Å². The largest absolute Gasteiger partial charge is 0.441 e. The van der Waals surface area contributed by atoms with E-state index >= 15 is 0 Å². The Morgan fingerprint density at radius 2 is 2.27 bits per heavy atom. The van der Waals surface area contributed by atoms with Gasteiger partial charge in [0.15, 0.2) is 0 Å². The average molecular weight is 181 g/mol. The lowest BCUT2D eigenvalue weighted by Gasteiger charge is -2.21. The van der Waals surface area contributed by atoms with E-state index in [9.17, 15) is 4.79 Å². The maximum atomic E-state index is 10.6. The number of amides is 1. The standard InChI is InChI=1S/C6H12N2O2.ClH/c1-6(2)4(3-7)8-5(9)10-6;/h4H,3,7H2,1-2H3,(H,8,9);1H/t4-;/m1./s1. The van der Waals surface area contributed by atoms with E-state index in [2.05, 4.69) is 5.32 Å². The average Bonchev–Trinajstić information content (AvgIpc) is 2.04. The minimum atomic E-state index is -0.453. The molecule has 0 aliphatic carbocycles. The molecule has 1 aliphatic heterocycles. The highest BCUT2D eigenvalue weighted by atomic mass is 35.5. The Hall–Kier alpha value is -0.480. The second-order valence-corrected chi connectivity index (χ2v) is 2.93. The summed E-state index contributed by atoms with van der Waals surface area (Å²) in [7, 11) is 0. The molecule has 1 fully saturated rings. The molecule has 3 N–H and O–H groups in total. The van der Waals surface area contributed by atoms with E-state index in [4.69, 9.17) is 10.5 Å². The van der Waals surface area contributed by atoms with Crippen LogP contribution >= 0.6 is 12.4 Å². The summed E-state index contributed by atoms with van der Waals surface area (Å²) in [6.45, 7) is 4.09. The molecule has 0 bridgehead atoms. The van der Waals surface area contributed by atoms with Crippen molar-refractivity contribution >= 4 is 18.5 Å². The van der Waals surface area contributed by atoms with Crippen LogP contribution in [0.1, 0.15) is 13.8 Å². The minimum Gasteiger partial charge on any atom is -0.441 e. The molecule has 11 heavy (non-hydrogen) atoms. The Kier molecular flexibility index (Phi) is 3.13. The zero-order valence-corrected chi connectivity index (χ0v) is 7.40. The zero-order chi connectivity index (χ0) is 7.78. The van der Waals surface area contributed by atoms with Crippen molar-refractivity contribution in [3.8, 4) is 0 Å². The van der Waals surface area contributed by atoms with Gasteiger partial charge in [-0.2, -0.15) is 0 Å². The van der Waals surface area contributed by atoms with Crippen molar-refractivity contribution in [2.45, 2.75) is 25.5 Å². The number of halogens is 1. The van der Waals surface area contributed by atoms with Crippen molar-refractivity contribution in [1.29, 1.82) is 0 Å². The number of alkyl carbamates (subject to hydrolysis) is 1. The molecule has 66 valence electrons. The summed E-state index contributed by atoms with van der Waals surface area (Å²) in [6, 6.07) is -0.0556. The first-order valence-corrected chi connectivity index (χ1v) is 3.26. The smallest absolute Gasteiger partial charge is 0.408 e. The van der Waals surface area contributed by atoms with E-state index in [0.717, 1.165) is 0 Å². The molecule has 0 unspecified atom stereocenters. The Balaban J connectivity index is 0.000001000. The van der Waals surface area contributed by atoms with Gasteiger partial charge in [0.1, 0.15) is 5.60 Å². The van der Waals surface area contributed by atoms with Gasteiger partial charge >= 0.3 is 6.09 Å². The topological polar surface area (TPSA) is 64.3 Å². The van der Waals surface area contributed by atoms with Crippen LogP contribution < -0.4 is 11.1 Å². The number of hydrogen-bond acceptors (Lipinski definition) is 3. The van der Waals surface area contributed by atoms with Crippen LogP contribution in [-0.2, 0) is 4.74 Å². The molecule has 1 aliphatic rings. The molecule has 4 nitrogen and oxygen atoms in total. The molecule has 0 spiro atoms. The van der Waals surface area contributed by atoms with Gasteiger partial charge in [-0.15, -0.1) is 12.4 Å². The van der Waals surface area contributed by atoms with Crippen LogP contribution in [0.3, 0.4) is 0 Å². The molecule has 5 heteroatoms. The number of carbonyl (C=O) groups excluding carboxylic acids is 1. The Labute approximate surface area is 71.9 Å². The van der Waals surface area contributed by atoms with Gasteiger partial charge in [-0.05, 0) is 13.8 Å². The second-order valence-electron chi connectivity index (χ2n) is 2.93. The van der Waals surface area contributed by atoms with Crippen LogP contribution in [0.15, 0.2) is 0 Å². The monoisotopic (exact) mass is 180 g/mol. The minimum absolute atomic E-state index is 0. The van der Waals surface area contributed by atoms with Gasteiger partial charge in [-0.1, -0.05) is 0 Å². The molecule has 0 aromatic rings. The van der Waals surface area contributed by atoms with Crippen LogP contribution in [0.5, 0.6) is 0 Å². The maximum Gasteiger partial charge on any atom is 0.408 e. The van der Waals surface area contributed by atoms with Gasteiger partial charge < -0.3 is 15.8 Å². The van der Waals surface area contributed by atoms with Crippen molar-refractivity contribution in [2.75, 3.05) is 6.54 Å². The maximum absolute atomic E-state index is 10.6. The van der Waals surface area contributed by atoms with E-state index in [1.165, 1.54) is 0 Å². The molecule has 0 radical (unpaired) electrons. The second kappa shape index (κ2) is 3.28. The van der Waals surface area contributed by atoms with Gasteiger partial charge in [0, 0.05) is 6.54 Å². The molecule has 1 saturated heterocycles. The zero-order valence-electron chi connectivity index (χ0n) is 6.59. The summed E-state index contributed by atoms with van der Waals surface area (Å²) >= 11 is 0. The van der Waals surface area contributed by atoms with E-state index in [0.29, 0.717) is 6.54 Å². The third-order valence-corrected chi connectivity index (χ3v) is 1.72. The quantitative estimate of drug-likeness (QED) is 0.608. The molecule has 0 aromatic carbocycles. The number of nitrogens with one attached hydrogen (secondary N) is 1. The lowest BCUT2D eigenvalue weighted by atomic mass is 10.0. The molecule has 1 amide bonds. The third-order valence-electron chi connectivity index (χ3n) is 1.72. The summed E-state index contributed by atoms with van der Waals surface area (Å²) in [5.41, 5.74) is 4.92. The summed E-state index contributed by atoms with van der Waals surface area (Å²) in [5, 5.41) is 2.61. The Morgan fingerprint density at radius 3 is 2.45 bits per heavy atom. The highest BCUT2D eigenvalue weighted by molar-refractivity contribution is 5.85. The van der Waals surface area contributed by atoms with Crippen molar-refractivity contribution < 1.29 is 9.53 Å². The molecule has 1 rings (SSSR count). The number of carbonyl (C=O) groups is 1. The fraction of sp³-hybridized carbons (Fsp3) is 0.833. The summed E-state index contributed by atoms with van der Waals surface area (Å²) in [6.07, 6.45) is -0.375. The highest BCUT2D eigenvalue weighted by Gasteiger charge is 2.39. The van der Waals surface area contributed by atoms with E-state index in [1.54, 1.807) is 0 Å². The van der Waals surface area contributed by atoms with Crippen molar-refractivity contribution in [3.05, 3.63) is 0 Å². The van der Waals surface area contributed by atoms with Crippen LogP contribution in [0.4, 0.5) is 4.79 Å². The first-order valence-electron chi connectivity index (χ1n) is 3.26. The lowest BCUT2D eigenvalue weighted by molar-refractivity contribution is 0.0701. The lowest BCUT2D eigenvalue weighted by Crippen LogP contribution is -2.44. The highest BCUT2D eigenvalue weighted by Crippen LogP contribution is 2.19. The summed E-state index contributed by atoms with van der Waals surface area (Å²) in [5.74, 6) is 0. The first kappa shape index (κ1) is 10.5. The molecular weight excluding hydrogens is 168 g/mol. The number of ether oxygens (including phenoxy) is 1. The number of nitrogens with two attached hydrogens (primary N) is 1. The third kappa shape index (κ3) is 1.97. The molecular formula is C6H13ClN2O2. The normalized spacial score (nSPS) is 26.8. The van der Waals surface area contributed by atoms with E-state index < -0.39 is 5.60 Å². The van der Waals surface area contributed by atoms with Crippen LogP contribution in [0.25, 0.3) is 0 Å². The fourth-order valence-electron chi connectivity index (χ4n) is 0.998. The van der Waals surface area contributed by atoms with Gasteiger partial charge in [0.25, 0.3) is 0 Å². The molecule has 0 aromatic heterocycles. The first-order chi connectivity index (χ1) is 4.56. The van der Waals surface area contributed by atoms with Crippen molar-refractivity contribution in [2.24, 2.45) is 5.73 Å². The van der Waals surface area contributed by atoms with Crippen molar-refractivity contribution in [3.63, 3.8) is 0 Å².